The maximum Gasteiger partial charge on any atom is 0.178 e. The Balaban J connectivity index is 2.53. The summed E-state index contributed by atoms with van der Waals surface area (Å²) in [7, 11) is 0. The monoisotopic (exact) mass is 183 g/mol. The van der Waals surface area contributed by atoms with E-state index in [1.165, 1.54) is 0 Å². The van der Waals surface area contributed by atoms with E-state index in [2.05, 4.69) is 34.5 Å². The molecule has 0 aliphatic rings. The van der Waals surface area contributed by atoms with E-state index >= 15 is 0 Å². The predicted octanol–water partition coefficient (Wildman–Crippen LogP) is 0.678. The van der Waals surface area contributed by atoms with Crippen LogP contribution in [0.1, 0.15) is 38.4 Å². The van der Waals surface area contributed by atoms with Crippen molar-refractivity contribution in [2.24, 2.45) is 11.7 Å². The van der Waals surface area contributed by atoms with Gasteiger partial charge in [0.05, 0.1) is 0 Å². The first-order valence-electron chi connectivity index (χ1n) is 4.71. The predicted molar refractivity (Wildman–Crippen MR) is 50.0 cm³/mol. The molecular weight excluding hydrogens is 166 g/mol. The van der Waals surface area contributed by atoms with Crippen LogP contribution in [0.4, 0.5) is 0 Å². The number of rotatable bonds is 5. The average Bonchev–Trinajstić information content (AvgIpc) is 2.66. The number of hydrogen-bond donors (Lipinski definition) is 2. The summed E-state index contributed by atoms with van der Waals surface area (Å²) in [4.78, 5) is 0. The molecule has 0 spiro atoms. The van der Waals surface area contributed by atoms with Gasteiger partial charge in [0.2, 0.25) is 0 Å². The van der Waals surface area contributed by atoms with Gasteiger partial charge in [-0.2, -0.15) is 5.21 Å². The Bertz CT molecular complexity index is 220. The van der Waals surface area contributed by atoms with Gasteiger partial charge in [0, 0.05) is 12.5 Å². The second-order valence-electron chi connectivity index (χ2n) is 3.45. The molecule has 0 saturated carbocycles. The molecule has 1 rings (SSSR count). The van der Waals surface area contributed by atoms with Crippen molar-refractivity contribution in [3.05, 3.63) is 5.82 Å². The number of nitrogens with zero attached hydrogens (tertiary/aromatic N) is 3. The zero-order valence-electron chi connectivity index (χ0n) is 8.20. The third-order valence-electron chi connectivity index (χ3n) is 2.40. The van der Waals surface area contributed by atoms with Crippen LogP contribution in [-0.4, -0.2) is 27.2 Å². The zero-order valence-corrected chi connectivity index (χ0v) is 8.20. The lowest BCUT2D eigenvalue weighted by Gasteiger charge is -2.14. The fraction of sp³-hybridized carbons (Fsp3) is 0.875. The summed E-state index contributed by atoms with van der Waals surface area (Å²) < 4.78 is 0. The van der Waals surface area contributed by atoms with E-state index in [4.69, 9.17) is 5.73 Å². The van der Waals surface area contributed by atoms with E-state index < -0.39 is 0 Å². The molecule has 3 N–H and O–H groups in total. The molecule has 5 heteroatoms. The number of tetrazole rings is 1. The second-order valence-corrected chi connectivity index (χ2v) is 3.45. The standard InChI is InChI=1S/C8H17N5/c1-3-6(2)4-7(5-9)8-10-12-13-11-8/h6-7H,3-5,9H2,1-2H3,(H,10,11,12,13)/t6-,7?/m0/s1. The van der Waals surface area contributed by atoms with Crippen molar-refractivity contribution in [2.75, 3.05) is 6.54 Å². The van der Waals surface area contributed by atoms with Crippen LogP contribution in [0.2, 0.25) is 0 Å². The van der Waals surface area contributed by atoms with Crippen LogP contribution >= 0.6 is 0 Å². The van der Waals surface area contributed by atoms with Crippen molar-refractivity contribution in [3.8, 4) is 0 Å². The normalized spacial score (nSPS) is 15.6. The van der Waals surface area contributed by atoms with Gasteiger partial charge >= 0.3 is 0 Å². The van der Waals surface area contributed by atoms with Crippen LogP contribution in [0.15, 0.2) is 0 Å². The van der Waals surface area contributed by atoms with Gasteiger partial charge in [-0.15, -0.1) is 10.2 Å². The summed E-state index contributed by atoms with van der Waals surface area (Å²) in [5.74, 6) is 1.64. The lowest BCUT2D eigenvalue weighted by Crippen LogP contribution is -2.16. The molecule has 0 aliphatic heterocycles. The van der Waals surface area contributed by atoms with E-state index in [-0.39, 0.29) is 5.92 Å². The van der Waals surface area contributed by atoms with E-state index in [0.717, 1.165) is 18.7 Å². The molecule has 5 nitrogen and oxygen atoms in total. The second kappa shape index (κ2) is 4.91. The van der Waals surface area contributed by atoms with Crippen LogP contribution in [0, 0.1) is 5.92 Å². The van der Waals surface area contributed by atoms with Gasteiger partial charge in [0.15, 0.2) is 5.82 Å². The molecule has 0 aromatic carbocycles. The minimum absolute atomic E-state index is 0.244. The Morgan fingerprint density at radius 3 is 2.77 bits per heavy atom. The Hall–Kier alpha value is -0.970. The van der Waals surface area contributed by atoms with E-state index in [1.807, 2.05) is 0 Å². The van der Waals surface area contributed by atoms with Crippen molar-refractivity contribution in [2.45, 2.75) is 32.6 Å². The van der Waals surface area contributed by atoms with Crippen molar-refractivity contribution >= 4 is 0 Å². The first-order valence-corrected chi connectivity index (χ1v) is 4.71. The SMILES string of the molecule is CC[C@H](C)CC(CN)c1nn[nH]n1. The lowest BCUT2D eigenvalue weighted by atomic mass is 9.93. The van der Waals surface area contributed by atoms with Crippen molar-refractivity contribution in [3.63, 3.8) is 0 Å². The summed E-state index contributed by atoms with van der Waals surface area (Å²) in [6, 6.07) is 0. The number of aromatic nitrogens is 4. The summed E-state index contributed by atoms with van der Waals surface area (Å²) in [6.07, 6.45) is 2.20. The molecule has 74 valence electrons. The molecule has 0 saturated heterocycles. The van der Waals surface area contributed by atoms with Crippen LogP contribution in [0.3, 0.4) is 0 Å². The van der Waals surface area contributed by atoms with Gasteiger partial charge in [0.1, 0.15) is 0 Å². The molecule has 1 aromatic heterocycles. The molecule has 1 unspecified atom stereocenters. The average molecular weight is 183 g/mol. The van der Waals surface area contributed by atoms with Gasteiger partial charge in [0.25, 0.3) is 0 Å². The first-order chi connectivity index (χ1) is 6.27. The zero-order chi connectivity index (χ0) is 9.68. The Labute approximate surface area is 78.1 Å². The number of hydrogen-bond acceptors (Lipinski definition) is 4. The number of nitrogens with one attached hydrogen (secondary N) is 1. The van der Waals surface area contributed by atoms with Crippen molar-refractivity contribution < 1.29 is 0 Å². The van der Waals surface area contributed by atoms with Gasteiger partial charge in [-0.05, 0) is 12.3 Å². The minimum Gasteiger partial charge on any atom is -0.330 e. The van der Waals surface area contributed by atoms with Crippen LogP contribution in [0.5, 0.6) is 0 Å². The van der Waals surface area contributed by atoms with E-state index in [9.17, 15) is 0 Å². The maximum absolute atomic E-state index is 5.65. The minimum atomic E-state index is 0.244. The van der Waals surface area contributed by atoms with Crippen LogP contribution < -0.4 is 5.73 Å². The third kappa shape index (κ3) is 2.77. The first kappa shape index (κ1) is 10.1. The molecule has 0 aliphatic carbocycles. The van der Waals surface area contributed by atoms with E-state index in [0.29, 0.717) is 12.5 Å². The molecule has 0 fully saturated rings. The summed E-state index contributed by atoms with van der Waals surface area (Å²) in [6.45, 7) is 4.97. The fourth-order valence-electron chi connectivity index (χ4n) is 1.30. The molecule has 0 radical (unpaired) electrons. The Kier molecular flexibility index (Phi) is 3.82. The molecule has 1 heterocycles. The third-order valence-corrected chi connectivity index (χ3v) is 2.40. The highest BCUT2D eigenvalue weighted by Gasteiger charge is 2.16. The molecule has 0 bridgehead atoms. The van der Waals surface area contributed by atoms with Crippen molar-refractivity contribution in [1.82, 2.24) is 20.6 Å². The molecule has 13 heavy (non-hydrogen) atoms. The van der Waals surface area contributed by atoms with Gasteiger partial charge < -0.3 is 5.73 Å². The molecule has 2 atom stereocenters. The summed E-state index contributed by atoms with van der Waals surface area (Å²) >= 11 is 0. The topological polar surface area (TPSA) is 80.5 Å². The number of aromatic amines is 1. The molecular formula is C8H17N5. The smallest absolute Gasteiger partial charge is 0.178 e. The van der Waals surface area contributed by atoms with Gasteiger partial charge in [-0.25, -0.2) is 0 Å². The van der Waals surface area contributed by atoms with Gasteiger partial charge in [-0.1, -0.05) is 25.5 Å². The molecule has 1 aromatic rings. The van der Waals surface area contributed by atoms with Gasteiger partial charge in [-0.3, -0.25) is 0 Å². The van der Waals surface area contributed by atoms with Crippen molar-refractivity contribution in [1.29, 1.82) is 0 Å². The Morgan fingerprint density at radius 1 is 1.54 bits per heavy atom. The van der Waals surface area contributed by atoms with Crippen LogP contribution in [0.25, 0.3) is 0 Å². The highest BCUT2D eigenvalue weighted by Crippen LogP contribution is 2.20. The lowest BCUT2D eigenvalue weighted by molar-refractivity contribution is 0.446. The Morgan fingerprint density at radius 2 is 2.31 bits per heavy atom. The summed E-state index contributed by atoms with van der Waals surface area (Å²) in [5, 5.41) is 13.9. The largest absolute Gasteiger partial charge is 0.330 e. The summed E-state index contributed by atoms with van der Waals surface area (Å²) in [5.41, 5.74) is 5.65. The highest BCUT2D eigenvalue weighted by molar-refractivity contribution is 4.91. The molecule has 0 amide bonds. The van der Waals surface area contributed by atoms with E-state index in [1.54, 1.807) is 0 Å². The van der Waals surface area contributed by atoms with Crippen LogP contribution in [-0.2, 0) is 0 Å². The number of nitrogens with two attached hydrogens (primary N) is 1. The highest BCUT2D eigenvalue weighted by atomic mass is 15.5. The quantitative estimate of drug-likeness (QED) is 0.703. The maximum atomic E-state index is 5.65. The fourth-order valence-corrected chi connectivity index (χ4v) is 1.30. The number of H-pyrrole nitrogens is 1.